The van der Waals surface area contributed by atoms with Crippen molar-refractivity contribution in [3.63, 3.8) is 0 Å². The maximum Gasteiger partial charge on any atom is 0.226 e. The molecule has 0 spiro atoms. The number of carbonyl (C=O) groups excluding carboxylic acids is 1. The Bertz CT molecular complexity index is 786. The van der Waals surface area contributed by atoms with E-state index in [0.29, 0.717) is 23.8 Å². The molecule has 2 unspecified atom stereocenters. The van der Waals surface area contributed by atoms with Crippen LogP contribution in [0.3, 0.4) is 0 Å². The summed E-state index contributed by atoms with van der Waals surface area (Å²) >= 11 is 0. The van der Waals surface area contributed by atoms with Crippen molar-refractivity contribution in [3.8, 4) is 0 Å². The molecule has 1 amide bonds. The van der Waals surface area contributed by atoms with Crippen LogP contribution in [0.25, 0.3) is 10.8 Å². The molecule has 1 aliphatic carbocycles. The molecule has 2 saturated heterocycles. The van der Waals surface area contributed by atoms with Gasteiger partial charge in [-0.1, -0.05) is 42.5 Å². The van der Waals surface area contributed by atoms with E-state index in [1.807, 2.05) is 0 Å². The van der Waals surface area contributed by atoms with E-state index in [1.54, 1.807) is 0 Å². The molecular formula is C21H23NO2. The zero-order valence-electron chi connectivity index (χ0n) is 13.9. The molecule has 3 heteroatoms. The first-order chi connectivity index (χ1) is 11.8. The summed E-state index contributed by atoms with van der Waals surface area (Å²) in [5.74, 6) is 1.58. The quantitative estimate of drug-likeness (QED) is 0.846. The average molecular weight is 321 g/mol. The van der Waals surface area contributed by atoms with Crippen LogP contribution in [-0.2, 0) is 9.53 Å². The minimum atomic E-state index is 0.202. The fourth-order valence-corrected chi connectivity index (χ4v) is 4.70. The Morgan fingerprint density at radius 1 is 1.08 bits per heavy atom. The lowest BCUT2D eigenvalue weighted by atomic mass is 9.96. The van der Waals surface area contributed by atoms with Crippen molar-refractivity contribution in [1.29, 1.82) is 0 Å². The first-order valence-corrected chi connectivity index (χ1v) is 9.18. The van der Waals surface area contributed by atoms with Crippen molar-refractivity contribution in [2.75, 3.05) is 19.8 Å². The summed E-state index contributed by atoms with van der Waals surface area (Å²) < 4.78 is 5.58. The van der Waals surface area contributed by atoms with Gasteiger partial charge in [-0.15, -0.1) is 0 Å². The maximum atomic E-state index is 13.0. The van der Waals surface area contributed by atoms with E-state index in [0.717, 1.165) is 39.0 Å². The third kappa shape index (κ3) is 2.34. The first kappa shape index (κ1) is 14.5. The molecular weight excluding hydrogens is 298 g/mol. The van der Waals surface area contributed by atoms with Gasteiger partial charge in [-0.2, -0.15) is 0 Å². The summed E-state index contributed by atoms with van der Waals surface area (Å²) in [4.78, 5) is 15.2. The van der Waals surface area contributed by atoms with Crippen LogP contribution in [0.5, 0.6) is 0 Å². The van der Waals surface area contributed by atoms with Gasteiger partial charge in [0.2, 0.25) is 5.91 Å². The Balaban J connectivity index is 1.33. The largest absolute Gasteiger partial charge is 0.381 e. The van der Waals surface area contributed by atoms with Gasteiger partial charge in [-0.25, -0.2) is 0 Å². The molecule has 3 fully saturated rings. The predicted molar refractivity (Wildman–Crippen MR) is 93.8 cm³/mol. The van der Waals surface area contributed by atoms with Gasteiger partial charge < -0.3 is 9.64 Å². The van der Waals surface area contributed by atoms with Crippen LogP contribution >= 0.6 is 0 Å². The normalized spacial score (nSPS) is 31.9. The van der Waals surface area contributed by atoms with E-state index in [9.17, 15) is 4.79 Å². The van der Waals surface area contributed by atoms with Gasteiger partial charge in [0.1, 0.15) is 0 Å². The van der Waals surface area contributed by atoms with Crippen molar-refractivity contribution in [3.05, 3.63) is 48.0 Å². The van der Waals surface area contributed by atoms with Crippen molar-refractivity contribution in [1.82, 2.24) is 4.90 Å². The van der Waals surface area contributed by atoms with Gasteiger partial charge in [0, 0.05) is 31.0 Å². The summed E-state index contributed by atoms with van der Waals surface area (Å²) in [6.45, 7) is 2.58. The molecule has 0 N–H and O–H groups in total. The summed E-state index contributed by atoms with van der Waals surface area (Å²) in [5.41, 5.74) is 1.33. The molecule has 3 nitrogen and oxygen atoms in total. The van der Waals surface area contributed by atoms with Crippen LogP contribution in [0.1, 0.15) is 30.7 Å². The van der Waals surface area contributed by atoms with E-state index in [2.05, 4.69) is 47.4 Å². The summed E-state index contributed by atoms with van der Waals surface area (Å²) in [6, 6.07) is 15.6. The SMILES string of the molecule is O=C([C@@H]1C[C@H]1c1ccc2ccccc2c1)N1CCC2COCCC21. The van der Waals surface area contributed by atoms with Gasteiger partial charge in [0.25, 0.3) is 0 Å². The number of hydrogen-bond acceptors (Lipinski definition) is 2. The van der Waals surface area contributed by atoms with Crippen LogP contribution in [0.2, 0.25) is 0 Å². The molecule has 0 bridgehead atoms. The summed E-state index contributed by atoms with van der Waals surface area (Å²) in [7, 11) is 0. The van der Waals surface area contributed by atoms with Crippen molar-refractivity contribution < 1.29 is 9.53 Å². The van der Waals surface area contributed by atoms with E-state index in [1.165, 1.54) is 16.3 Å². The fraction of sp³-hybridized carbons (Fsp3) is 0.476. The highest BCUT2D eigenvalue weighted by atomic mass is 16.5. The Labute approximate surface area is 142 Å². The minimum Gasteiger partial charge on any atom is -0.381 e. The van der Waals surface area contributed by atoms with E-state index in [-0.39, 0.29) is 5.92 Å². The van der Waals surface area contributed by atoms with Crippen molar-refractivity contribution in [2.45, 2.75) is 31.2 Å². The average Bonchev–Trinajstić information content (AvgIpc) is 3.32. The number of carbonyl (C=O) groups is 1. The van der Waals surface area contributed by atoms with Crippen molar-refractivity contribution >= 4 is 16.7 Å². The van der Waals surface area contributed by atoms with Crippen molar-refractivity contribution in [2.24, 2.45) is 11.8 Å². The molecule has 124 valence electrons. The molecule has 1 saturated carbocycles. The molecule has 2 aromatic rings. The zero-order chi connectivity index (χ0) is 16.1. The molecule has 0 aromatic heterocycles. The third-order valence-electron chi connectivity index (χ3n) is 6.17. The molecule has 2 heterocycles. The predicted octanol–water partition coefficient (Wildman–Crippen LogP) is 3.58. The highest BCUT2D eigenvalue weighted by Crippen LogP contribution is 2.50. The number of rotatable bonds is 2. The van der Waals surface area contributed by atoms with E-state index >= 15 is 0 Å². The maximum absolute atomic E-state index is 13.0. The third-order valence-corrected chi connectivity index (χ3v) is 6.17. The monoisotopic (exact) mass is 321 g/mol. The highest BCUT2D eigenvalue weighted by Gasteiger charge is 2.49. The fourth-order valence-electron chi connectivity index (χ4n) is 4.70. The van der Waals surface area contributed by atoms with Crippen LogP contribution in [0, 0.1) is 11.8 Å². The molecule has 0 radical (unpaired) electrons. The van der Waals surface area contributed by atoms with E-state index < -0.39 is 0 Å². The van der Waals surface area contributed by atoms with Gasteiger partial charge >= 0.3 is 0 Å². The molecule has 5 rings (SSSR count). The molecule has 2 aliphatic heterocycles. The summed E-state index contributed by atoms with van der Waals surface area (Å²) in [6.07, 6.45) is 3.15. The lowest BCUT2D eigenvalue weighted by Gasteiger charge is -2.31. The highest BCUT2D eigenvalue weighted by molar-refractivity contribution is 5.86. The number of hydrogen-bond donors (Lipinski definition) is 0. The van der Waals surface area contributed by atoms with Crippen LogP contribution in [0.4, 0.5) is 0 Å². The number of fused-ring (bicyclic) bond motifs is 2. The second kappa shape index (κ2) is 5.59. The Morgan fingerprint density at radius 2 is 1.96 bits per heavy atom. The number of benzene rings is 2. The van der Waals surface area contributed by atoms with Gasteiger partial charge in [0.15, 0.2) is 0 Å². The van der Waals surface area contributed by atoms with Gasteiger partial charge in [-0.3, -0.25) is 4.79 Å². The molecule has 3 aliphatic rings. The minimum absolute atomic E-state index is 0.202. The second-order valence-corrected chi connectivity index (χ2v) is 7.57. The van der Waals surface area contributed by atoms with Gasteiger partial charge in [-0.05, 0) is 41.5 Å². The van der Waals surface area contributed by atoms with Crippen LogP contribution in [0.15, 0.2) is 42.5 Å². The second-order valence-electron chi connectivity index (χ2n) is 7.57. The first-order valence-electron chi connectivity index (χ1n) is 9.18. The Kier molecular flexibility index (Phi) is 3.37. The molecule has 4 atom stereocenters. The number of likely N-dealkylation sites (tertiary alicyclic amines) is 1. The van der Waals surface area contributed by atoms with Crippen LogP contribution in [-0.4, -0.2) is 36.6 Å². The molecule has 24 heavy (non-hydrogen) atoms. The summed E-state index contributed by atoms with van der Waals surface area (Å²) in [5, 5.41) is 2.55. The number of ether oxygens (including phenoxy) is 1. The standard InChI is InChI=1S/C21H23NO2/c23-21(22-9-7-17-13-24-10-8-20(17)22)19-12-18(19)16-6-5-14-3-1-2-4-15(14)11-16/h1-6,11,17-20H,7-10,12-13H2/t17?,18-,19+,20?/m0/s1. The topological polar surface area (TPSA) is 29.5 Å². The lowest BCUT2D eigenvalue weighted by molar-refractivity contribution is -0.135. The Morgan fingerprint density at radius 3 is 2.88 bits per heavy atom. The zero-order valence-corrected chi connectivity index (χ0v) is 13.9. The number of amides is 1. The lowest BCUT2D eigenvalue weighted by Crippen LogP contribution is -2.42. The Hall–Kier alpha value is -1.87. The van der Waals surface area contributed by atoms with E-state index in [4.69, 9.17) is 4.74 Å². The molecule has 2 aromatic carbocycles. The number of nitrogens with zero attached hydrogens (tertiary/aromatic N) is 1. The van der Waals surface area contributed by atoms with Gasteiger partial charge in [0.05, 0.1) is 6.61 Å². The van der Waals surface area contributed by atoms with Crippen LogP contribution < -0.4 is 0 Å². The smallest absolute Gasteiger partial charge is 0.226 e.